The maximum Gasteiger partial charge on any atom is 0.340 e. The third-order valence-electron chi connectivity index (χ3n) is 2.76. The first-order chi connectivity index (χ1) is 8.52. The van der Waals surface area contributed by atoms with Crippen molar-refractivity contribution in [1.82, 2.24) is 4.98 Å². The Bertz CT molecular complexity index is 481. The molecular formula is C12H16N4O2. The molecular weight excluding hydrogens is 232 g/mol. The second-order valence-corrected chi connectivity index (χ2v) is 3.91. The Morgan fingerprint density at radius 1 is 1.72 bits per heavy atom. The molecule has 0 spiro atoms. The van der Waals surface area contributed by atoms with Gasteiger partial charge >= 0.3 is 5.97 Å². The second-order valence-electron chi connectivity index (χ2n) is 3.91. The van der Waals surface area contributed by atoms with Crippen LogP contribution in [-0.2, 0) is 4.74 Å². The third-order valence-corrected chi connectivity index (χ3v) is 2.76. The van der Waals surface area contributed by atoms with Gasteiger partial charge in [-0.2, -0.15) is 5.26 Å². The fourth-order valence-electron chi connectivity index (χ4n) is 1.51. The topological polar surface area (TPSA) is 92.2 Å². The zero-order chi connectivity index (χ0) is 13.7. The molecule has 0 radical (unpaired) electrons. The second kappa shape index (κ2) is 5.87. The molecule has 0 aliphatic rings. The maximum absolute atomic E-state index is 11.5. The number of methoxy groups -OCH3 is 1. The third kappa shape index (κ3) is 2.69. The number of hydrogen-bond acceptors (Lipinski definition) is 6. The molecule has 6 heteroatoms. The Hall–Kier alpha value is -2.29. The van der Waals surface area contributed by atoms with Crippen LogP contribution >= 0.6 is 0 Å². The van der Waals surface area contributed by atoms with Gasteiger partial charge in [0.1, 0.15) is 0 Å². The molecule has 0 aliphatic carbocycles. The smallest absolute Gasteiger partial charge is 0.340 e. The van der Waals surface area contributed by atoms with Crippen molar-refractivity contribution in [2.45, 2.75) is 19.4 Å². The van der Waals surface area contributed by atoms with Crippen LogP contribution in [0.3, 0.4) is 0 Å². The van der Waals surface area contributed by atoms with Gasteiger partial charge < -0.3 is 15.4 Å². The lowest BCUT2D eigenvalue weighted by Gasteiger charge is -2.25. The Morgan fingerprint density at radius 3 is 2.94 bits per heavy atom. The molecule has 1 aromatic heterocycles. The number of rotatable bonds is 4. The molecule has 1 rings (SSSR count). The largest absolute Gasteiger partial charge is 0.465 e. The number of hydrogen-bond donors (Lipinski definition) is 1. The van der Waals surface area contributed by atoms with Crippen molar-refractivity contribution in [3.8, 4) is 6.07 Å². The summed E-state index contributed by atoms with van der Waals surface area (Å²) in [7, 11) is 3.08. The van der Waals surface area contributed by atoms with Gasteiger partial charge in [0.2, 0.25) is 0 Å². The van der Waals surface area contributed by atoms with Crippen molar-refractivity contribution in [2.24, 2.45) is 0 Å². The van der Waals surface area contributed by atoms with E-state index in [0.717, 1.165) is 0 Å². The number of pyridine rings is 1. The summed E-state index contributed by atoms with van der Waals surface area (Å²) < 4.78 is 4.64. The molecule has 1 aromatic rings. The zero-order valence-corrected chi connectivity index (χ0v) is 10.7. The van der Waals surface area contributed by atoms with E-state index in [0.29, 0.717) is 12.2 Å². The highest BCUT2D eigenvalue weighted by molar-refractivity contribution is 5.97. The first-order valence-electron chi connectivity index (χ1n) is 5.45. The molecule has 1 unspecified atom stereocenters. The molecule has 0 bridgehead atoms. The van der Waals surface area contributed by atoms with Crippen LogP contribution in [0.1, 0.15) is 23.7 Å². The van der Waals surface area contributed by atoms with Crippen LogP contribution in [0.2, 0.25) is 0 Å². The van der Waals surface area contributed by atoms with E-state index in [2.05, 4.69) is 15.8 Å². The fourth-order valence-corrected chi connectivity index (χ4v) is 1.51. The highest BCUT2D eigenvalue weighted by atomic mass is 16.5. The Labute approximate surface area is 106 Å². The summed E-state index contributed by atoms with van der Waals surface area (Å²) in [5.41, 5.74) is 6.44. The molecule has 2 N–H and O–H groups in total. The fraction of sp³-hybridized carbons (Fsp3) is 0.417. The van der Waals surface area contributed by atoms with Crippen LogP contribution in [0.4, 0.5) is 11.5 Å². The van der Waals surface area contributed by atoms with E-state index in [1.54, 1.807) is 11.9 Å². The number of nitrogens with two attached hydrogens (primary N) is 1. The average molecular weight is 248 g/mol. The van der Waals surface area contributed by atoms with E-state index in [1.807, 2.05) is 6.92 Å². The molecule has 6 nitrogen and oxygen atoms in total. The Balaban J connectivity index is 3.11. The van der Waals surface area contributed by atoms with Crippen LogP contribution < -0.4 is 10.6 Å². The van der Waals surface area contributed by atoms with Crippen molar-refractivity contribution >= 4 is 17.5 Å². The average Bonchev–Trinajstić information content (AvgIpc) is 2.37. The lowest BCUT2D eigenvalue weighted by atomic mass is 10.2. The lowest BCUT2D eigenvalue weighted by molar-refractivity contribution is 0.0602. The Kier molecular flexibility index (Phi) is 4.49. The van der Waals surface area contributed by atoms with Crippen molar-refractivity contribution in [3.63, 3.8) is 0 Å². The van der Waals surface area contributed by atoms with Gasteiger partial charge in [0, 0.05) is 19.3 Å². The van der Waals surface area contributed by atoms with Crippen molar-refractivity contribution in [3.05, 3.63) is 17.8 Å². The monoisotopic (exact) mass is 248 g/mol. The van der Waals surface area contributed by atoms with Crippen molar-refractivity contribution < 1.29 is 9.53 Å². The predicted octanol–water partition coefficient (Wildman–Crippen LogP) is 1.19. The van der Waals surface area contributed by atoms with Gasteiger partial charge in [0.25, 0.3) is 0 Å². The minimum Gasteiger partial charge on any atom is -0.465 e. The van der Waals surface area contributed by atoms with Crippen molar-refractivity contribution in [1.29, 1.82) is 5.26 Å². The summed E-state index contributed by atoms with van der Waals surface area (Å²) in [6.07, 6.45) is 1.84. The number of nitrogen functional groups attached to an aromatic ring is 1. The van der Waals surface area contributed by atoms with E-state index in [1.165, 1.54) is 19.4 Å². The van der Waals surface area contributed by atoms with Crippen LogP contribution in [0.15, 0.2) is 12.3 Å². The molecule has 0 saturated heterocycles. The predicted molar refractivity (Wildman–Crippen MR) is 68.1 cm³/mol. The number of nitriles is 1. The molecule has 0 aliphatic heterocycles. The highest BCUT2D eigenvalue weighted by Crippen LogP contribution is 2.25. The van der Waals surface area contributed by atoms with Crippen LogP contribution in [0.5, 0.6) is 0 Å². The Morgan fingerprint density at radius 2 is 2.39 bits per heavy atom. The van der Waals surface area contributed by atoms with Gasteiger partial charge in [-0.25, -0.2) is 9.78 Å². The van der Waals surface area contributed by atoms with E-state index in [9.17, 15) is 4.79 Å². The summed E-state index contributed by atoms with van der Waals surface area (Å²) in [4.78, 5) is 17.4. The van der Waals surface area contributed by atoms with Gasteiger partial charge in [0.15, 0.2) is 5.82 Å². The normalized spacial score (nSPS) is 11.4. The summed E-state index contributed by atoms with van der Waals surface area (Å²) in [5.74, 6) is -0.0295. The summed E-state index contributed by atoms with van der Waals surface area (Å²) >= 11 is 0. The lowest BCUT2D eigenvalue weighted by Crippen LogP contribution is -2.30. The minimum atomic E-state index is -0.502. The molecule has 0 fully saturated rings. The molecule has 18 heavy (non-hydrogen) atoms. The summed E-state index contributed by atoms with van der Waals surface area (Å²) in [6.45, 7) is 1.88. The number of carbonyl (C=O) groups is 1. The maximum atomic E-state index is 11.5. The number of esters is 1. The zero-order valence-electron chi connectivity index (χ0n) is 10.7. The van der Waals surface area contributed by atoms with E-state index in [-0.39, 0.29) is 17.3 Å². The van der Waals surface area contributed by atoms with E-state index < -0.39 is 5.97 Å². The standard InChI is InChI=1S/C12H16N4O2/c1-8(4-6-13)16(2)11-10(14)9(5-7-15-11)12(17)18-3/h5,7-8H,4,14H2,1-3H3. The number of nitrogens with zero attached hydrogens (tertiary/aromatic N) is 3. The molecule has 0 amide bonds. The summed E-state index contributed by atoms with van der Waals surface area (Å²) in [6, 6.07) is 3.55. The first kappa shape index (κ1) is 13.8. The van der Waals surface area contributed by atoms with Gasteiger partial charge in [-0.3, -0.25) is 0 Å². The number of aromatic nitrogens is 1. The van der Waals surface area contributed by atoms with E-state index in [4.69, 9.17) is 11.0 Å². The van der Waals surface area contributed by atoms with Crippen LogP contribution in [-0.4, -0.2) is 31.2 Å². The molecule has 1 atom stereocenters. The van der Waals surface area contributed by atoms with Gasteiger partial charge in [0.05, 0.1) is 30.9 Å². The number of carbonyl (C=O) groups excluding carboxylic acids is 1. The highest BCUT2D eigenvalue weighted by Gasteiger charge is 2.19. The van der Waals surface area contributed by atoms with Crippen LogP contribution in [0, 0.1) is 11.3 Å². The van der Waals surface area contributed by atoms with Gasteiger partial charge in [-0.1, -0.05) is 0 Å². The number of ether oxygens (including phenoxy) is 1. The molecule has 96 valence electrons. The SMILES string of the molecule is COC(=O)c1ccnc(N(C)C(C)CC#N)c1N. The minimum absolute atomic E-state index is 0.0438. The molecule has 1 heterocycles. The van der Waals surface area contributed by atoms with E-state index >= 15 is 0 Å². The van der Waals surface area contributed by atoms with Crippen molar-refractivity contribution in [2.75, 3.05) is 24.8 Å². The summed E-state index contributed by atoms with van der Waals surface area (Å²) in [5, 5.41) is 8.68. The molecule has 0 saturated carbocycles. The number of anilines is 2. The first-order valence-corrected chi connectivity index (χ1v) is 5.45. The quantitative estimate of drug-likeness (QED) is 0.804. The van der Waals surface area contributed by atoms with Gasteiger partial charge in [-0.15, -0.1) is 0 Å². The van der Waals surface area contributed by atoms with Crippen LogP contribution in [0.25, 0.3) is 0 Å². The van der Waals surface area contributed by atoms with Gasteiger partial charge in [-0.05, 0) is 13.0 Å². The molecule has 0 aromatic carbocycles.